The average Bonchev–Trinajstić information content (AvgIpc) is 2.84. The Morgan fingerprint density at radius 3 is 2.29 bits per heavy atom. The van der Waals surface area contributed by atoms with Crippen LogP contribution in [0.5, 0.6) is 0 Å². The molecule has 0 heterocycles. The lowest BCUT2D eigenvalue weighted by Gasteiger charge is -2.36. The van der Waals surface area contributed by atoms with Crippen LogP contribution in [-0.2, 0) is 0 Å². The van der Waals surface area contributed by atoms with E-state index in [4.69, 9.17) is 0 Å². The zero-order valence-corrected chi connectivity index (χ0v) is 10.1. The Balaban J connectivity index is 1.89. The van der Waals surface area contributed by atoms with E-state index in [0.717, 1.165) is 11.8 Å². The molecule has 1 nitrogen and oxygen atoms in total. The first-order chi connectivity index (χ1) is 6.66. The monoisotopic (exact) mass is 195 g/mol. The van der Waals surface area contributed by atoms with Gasteiger partial charge in [-0.05, 0) is 58.0 Å². The largest absolute Gasteiger partial charge is 0.304 e. The van der Waals surface area contributed by atoms with Gasteiger partial charge in [0.1, 0.15) is 0 Å². The summed E-state index contributed by atoms with van der Waals surface area (Å²) in [4.78, 5) is 2.49. The smallest absolute Gasteiger partial charge is 0.0203 e. The second-order valence-electron chi connectivity index (χ2n) is 5.76. The fraction of sp³-hybridized carbons (Fsp3) is 1.00. The van der Waals surface area contributed by atoms with Crippen molar-refractivity contribution in [3.63, 3.8) is 0 Å². The number of hydrogen-bond donors (Lipinski definition) is 0. The van der Waals surface area contributed by atoms with Gasteiger partial charge >= 0.3 is 0 Å². The van der Waals surface area contributed by atoms with Gasteiger partial charge in [0.25, 0.3) is 0 Å². The highest BCUT2D eigenvalue weighted by molar-refractivity contribution is 4.96. The van der Waals surface area contributed by atoms with E-state index in [-0.39, 0.29) is 0 Å². The molecule has 0 N–H and O–H groups in total. The Labute approximate surface area is 88.9 Å². The van der Waals surface area contributed by atoms with Gasteiger partial charge < -0.3 is 4.90 Å². The summed E-state index contributed by atoms with van der Waals surface area (Å²) >= 11 is 0. The van der Waals surface area contributed by atoms with E-state index in [9.17, 15) is 0 Å². The summed E-state index contributed by atoms with van der Waals surface area (Å²) < 4.78 is 0. The van der Waals surface area contributed by atoms with E-state index in [0.29, 0.717) is 5.54 Å². The fourth-order valence-corrected chi connectivity index (χ4v) is 3.28. The molecule has 0 aromatic rings. The third kappa shape index (κ3) is 1.98. The molecular weight excluding hydrogens is 170 g/mol. The first-order valence-corrected chi connectivity index (χ1v) is 6.34. The molecule has 82 valence electrons. The van der Waals surface area contributed by atoms with Crippen molar-refractivity contribution in [1.29, 1.82) is 0 Å². The van der Waals surface area contributed by atoms with Gasteiger partial charge in [-0.2, -0.15) is 0 Å². The molecule has 0 aromatic heterocycles. The standard InChI is InChI=1S/C13H25N/c1-4-13(14(2)3)8-7-12(10-13)9-11-5-6-11/h11-12H,4-10H2,1-3H3/t12?,13-/m0/s1. The van der Waals surface area contributed by atoms with Crippen molar-refractivity contribution >= 4 is 0 Å². The third-order valence-electron chi connectivity index (χ3n) is 4.66. The van der Waals surface area contributed by atoms with E-state index in [1.54, 1.807) is 0 Å². The summed E-state index contributed by atoms with van der Waals surface area (Å²) in [6.45, 7) is 2.36. The van der Waals surface area contributed by atoms with Gasteiger partial charge in [-0.3, -0.25) is 0 Å². The van der Waals surface area contributed by atoms with Crippen LogP contribution in [0.1, 0.15) is 51.9 Å². The molecule has 2 fully saturated rings. The van der Waals surface area contributed by atoms with Gasteiger partial charge in [-0.15, -0.1) is 0 Å². The second-order valence-corrected chi connectivity index (χ2v) is 5.76. The first-order valence-electron chi connectivity index (χ1n) is 6.34. The molecular formula is C13H25N. The molecule has 0 bridgehead atoms. The Morgan fingerprint density at radius 1 is 1.14 bits per heavy atom. The molecule has 0 saturated heterocycles. The van der Waals surface area contributed by atoms with Crippen LogP contribution in [-0.4, -0.2) is 24.5 Å². The number of nitrogens with zero attached hydrogens (tertiary/aromatic N) is 1. The zero-order valence-electron chi connectivity index (χ0n) is 10.1. The Morgan fingerprint density at radius 2 is 1.86 bits per heavy atom. The van der Waals surface area contributed by atoms with Crippen molar-refractivity contribution in [3.8, 4) is 0 Å². The van der Waals surface area contributed by atoms with Crippen molar-refractivity contribution in [2.75, 3.05) is 14.1 Å². The molecule has 2 aliphatic carbocycles. The molecule has 2 atom stereocenters. The number of rotatable bonds is 4. The maximum absolute atomic E-state index is 2.49. The van der Waals surface area contributed by atoms with Gasteiger partial charge in [-0.1, -0.05) is 19.8 Å². The third-order valence-corrected chi connectivity index (χ3v) is 4.66. The highest BCUT2D eigenvalue weighted by Gasteiger charge is 2.40. The number of hydrogen-bond acceptors (Lipinski definition) is 1. The lowest BCUT2D eigenvalue weighted by Crippen LogP contribution is -2.41. The van der Waals surface area contributed by atoms with E-state index < -0.39 is 0 Å². The predicted molar refractivity (Wildman–Crippen MR) is 61.4 cm³/mol. The van der Waals surface area contributed by atoms with Crippen molar-refractivity contribution in [2.45, 2.75) is 57.4 Å². The predicted octanol–water partition coefficient (Wildman–Crippen LogP) is 3.30. The van der Waals surface area contributed by atoms with Crippen LogP contribution in [0, 0.1) is 11.8 Å². The topological polar surface area (TPSA) is 3.24 Å². The summed E-state index contributed by atoms with van der Waals surface area (Å²) in [7, 11) is 4.53. The van der Waals surface area contributed by atoms with Gasteiger partial charge in [0.2, 0.25) is 0 Å². The molecule has 14 heavy (non-hydrogen) atoms. The Hall–Kier alpha value is -0.0400. The van der Waals surface area contributed by atoms with Gasteiger partial charge in [-0.25, -0.2) is 0 Å². The van der Waals surface area contributed by atoms with E-state index in [1.165, 1.54) is 44.9 Å². The van der Waals surface area contributed by atoms with Crippen molar-refractivity contribution < 1.29 is 0 Å². The zero-order chi connectivity index (χ0) is 10.2. The maximum Gasteiger partial charge on any atom is 0.0203 e. The van der Waals surface area contributed by atoms with Crippen LogP contribution in [0.2, 0.25) is 0 Å². The van der Waals surface area contributed by atoms with E-state index in [1.807, 2.05) is 0 Å². The molecule has 2 saturated carbocycles. The van der Waals surface area contributed by atoms with Crippen molar-refractivity contribution in [2.24, 2.45) is 11.8 Å². The summed E-state index contributed by atoms with van der Waals surface area (Å²) in [5, 5.41) is 0. The van der Waals surface area contributed by atoms with E-state index >= 15 is 0 Å². The fourth-order valence-electron chi connectivity index (χ4n) is 3.28. The lowest BCUT2D eigenvalue weighted by molar-refractivity contribution is 0.145. The quantitative estimate of drug-likeness (QED) is 0.665. The second kappa shape index (κ2) is 3.84. The SMILES string of the molecule is CC[C@]1(N(C)C)CCC(CC2CC2)C1. The molecule has 2 rings (SSSR count). The summed E-state index contributed by atoms with van der Waals surface area (Å²) in [5.41, 5.74) is 0.555. The molecule has 0 aromatic carbocycles. The highest BCUT2D eigenvalue weighted by atomic mass is 15.1. The van der Waals surface area contributed by atoms with E-state index in [2.05, 4.69) is 25.9 Å². The average molecular weight is 195 g/mol. The maximum atomic E-state index is 2.49. The molecule has 0 amide bonds. The van der Waals surface area contributed by atoms with Crippen LogP contribution in [0.4, 0.5) is 0 Å². The van der Waals surface area contributed by atoms with Crippen LogP contribution in [0.25, 0.3) is 0 Å². The minimum atomic E-state index is 0.555. The summed E-state index contributed by atoms with van der Waals surface area (Å²) in [6.07, 6.45) is 10.3. The minimum absolute atomic E-state index is 0.555. The molecule has 1 unspecified atom stereocenters. The Kier molecular flexibility index (Phi) is 2.88. The molecule has 0 radical (unpaired) electrons. The normalized spacial score (nSPS) is 38.1. The summed E-state index contributed by atoms with van der Waals surface area (Å²) in [6, 6.07) is 0. The van der Waals surface area contributed by atoms with Gasteiger partial charge in [0.05, 0.1) is 0 Å². The van der Waals surface area contributed by atoms with Crippen LogP contribution in [0.3, 0.4) is 0 Å². The van der Waals surface area contributed by atoms with Gasteiger partial charge in [0.15, 0.2) is 0 Å². The summed E-state index contributed by atoms with van der Waals surface area (Å²) in [5.74, 6) is 2.17. The molecule has 0 spiro atoms. The van der Waals surface area contributed by atoms with Crippen LogP contribution >= 0.6 is 0 Å². The highest BCUT2D eigenvalue weighted by Crippen LogP contribution is 2.46. The van der Waals surface area contributed by atoms with Crippen LogP contribution < -0.4 is 0 Å². The molecule has 2 aliphatic rings. The van der Waals surface area contributed by atoms with Crippen LogP contribution in [0.15, 0.2) is 0 Å². The van der Waals surface area contributed by atoms with Gasteiger partial charge in [0, 0.05) is 5.54 Å². The Bertz CT molecular complexity index is 195. The first kappa shape index (κ1) is 10.5. The van der Waals surface area contributed by atoms with Crippen molar-refractivity contribution in [1.82, 2.24) is 4.90 Å². The van der Waals surface area contributed by atoms with Crippen molar-refractivity contribution in [3.05, 3.63) is 0 Å². The lowest BCUT2D eigenvalue weighted by atomic mass is 9.90. The minimum Gasteiger partial charge on any atom is -0.304 e. The molecule has 0 aliphatic heterocycles. The molecule has 1 heteroatoms.